The second-order valence-electron chi connectivity index (χ2n) is 14.7. The predicted molar refractivity (Wildman–Crippen MR) is 236 cm³/mol. The minimum Gasteiger partial charge on any atom is -0.310 e. The van der Waals surface area contributed by atoms with E-state index in [-0.39, 0.29) is 0 Å². The molecule has 266 valence electrons. The highest BCUT2D eigenvalue weighted by molar-refractivity contribution is 6.00. The van der Waals surface area contributed by atoms with Gasteiger partial charge in [0.2, 0.25) is 0 Å². The summed E-state index contributed by atoms with van der Waals surface area (Å²) in [5.74, 6) is 0. The number of allylic oxidation sites excluding steroid dienone is 5. The maximum atomic E-state index is 2.48. The van der Waals surface area contributed by atoms with E-state index in [9.17, 15) is 0 Å². The van der Waals surface area contributed by atoms with Crippen molar-refractivity contribution in [2.24, 2.45) is 0 Å². The van der Waals surface area contributed by atoms with E-state index in [4.69, 9.17) is 0 Å². The molecule has 0 spiro atoms. The lowest BCUT2D eigenvalue weighted by molar-refractivity contribution is 0.768. The Hall–Kier alpha value is -6.96. The van der Waals surface area contributed by atoms with E-state index in [0.717, 1.165) is 29.9 Å². The van der Waals surface area contributed by atoms with Gasteiger partial charge in [-0.25, -0.2) is 0 Å². The van der Waals surface area contributed by atoms with Gasteiger partial charge in [-0.05, 0) is 104 Å². The van der Waals surface area contributed by atoms with Crippen molar-refractivity contribution in [2.45, 2.75) is 18.3 Å². The molecule has 0 radical (unpaired) electrons. The topological polar surface area (TPSA) is 3.24 Å². The van der Waals surface area contributed by atoms with Crippen molar-refractivity contribution >= 4 is 33.4 Å². The average molecular weight is 716 g/mol. The average Bonchev–Trinajstić information content (AvgIpc) is 3.56. The Morgan fingerprint density at radius 1 is 0.446 bits per heavy atom. The zero-order valence-electron chi connectivity index (χ0n) is 31.2. The summed E-state index contributed by atoms with van der Waals surface area (Å²) in [7, 11) is 0. The molecule has 8 aromatic carbocycles. The third kappa shape index (κ3) is 5.63. The Kier molecular flexibility index (Phi) is 8.61. The molecule has 0 N–H and O–H groups in total. The molecule has 1 nitrogen and oxygen atoms in total. The Morgan fingerprint density at radius 3 is 1.93 bits per heavy atom. The van der Waals surface area contributed by atoms with E-state index in [2.05, 4.69) is 229 Å². The molecule has 0 unspecified atom stereocenters. The minimum atomic E-state index is -0.497. The van der Waals surface area contributed by atoms with Gasteiger partial charge >= 0.3 is 0 Å². The summed E-state index contributed by atoms with van der Waals surface area (Å²) >= 11 is 0. The van der Waals surface area contributed by atoms with E-state index >= 15 is 0 Å². The van der Waals surface area contributed by atoms with Crippen LogP contribution in [-0.2, 0) is 11.8 Å². The largest absolute Gasteiger partial charge is 0.310 e. The van der Waals surface area contributed by atoms with Gasteiger partial charge in [0.25, 0.3) is 0 Å². The third-order valence-electron chi connectivity index (χ3n) is 11.6. The third-order valence-corrected chi connectivity index (χ3v) is 11.6. The molecule has 0 aliphatic heterocycles. The van der Waals surface area contributed by atoms with Gasteiger partial charge in [0.1, 0.15) is 0 Å². The molecule has 0 amide bonds. The van der Waals surface area contributed by atoms with E-state index in [1.165, 1.54) is 66.4 Å². The summed E-state index contributed by atoms with van der Waals surface area (Å²) in [5.41, 5.74) is 15.7. The molecule has 0 atom stereocenters. The van der Waals surface area contributed by atoms with E-state index in [1.807, 2.05) is 0 Å². The molecule has 56 heavy (non-hydrogen) atoms. The molecule has 2 aliphatic carbocycles. The van der Waals surface area contributed by atoms with Crippen LogP contribution in [0.4, 0.5) is 17.1 Å². The summed E-state index contributed by atoms with van der Waals surface area (Å²) in [6, 6.07) is 71.7. The Bertz CT molecular complexity index is 2760. The number of fused-ring (bicyclic) bond motifs is 5. The molecule has 0 fully saturated rings. The molecule has 0 heterocycles. The van der Waals surface area contributed by atoms with E-state index < -0.39 is 5.41 Å². The monoisotopic (exact) mass is 715 g/mol. The van der Waals surface area contributed by atoms with Crippen LogP contribution in [0.5, 0.6) is 0 Å². The lowest BCUT2D eigenvalue weighted by Crippen LogP contribution is -2.28. The van der Waals surface area contributed by atoms with Crippen LogP contribution >= 0.6 is 0 Å². The summed E-state index contributed by atoms with van der Waals surface area (Å²) in [6.45, 7) is 0. The van der Waals surface area contributed by atoms with Gasteiger partial charge in [-0.3, -0.25) is 0 Å². The van der Waals surface area contributed by atoms with Crippen LogP contribution in [0.15, 0.2) is 225 Å². The zero-order chi connectivity index (χ0) is 37.3. The van der Waals surface area contributed by atoms with Gasteiger partial charge in [-0.1, -0.05) is 194 Å². The fourth-order valence-corrected chi connectivity index (χ4v) is 9.18. The first-order valence-electron chi connectivity index (χ1n) is 19.6. The standard InChI is InChI=1S/C55H41N/c1-2-6-20-40-21-12-14-31-47(40)48(30-11-3-1)42-24-18-29-45(38-42)56(54-35-19-23-41-22-13-15-32-49(41)54)46-36-37-51-50-33-16-17-34-52(50)55(53(51)39-46,43-25-7-4-8-26-43)44-27-9-5-10-28-44/h1-10,12-19,21-39H,11,20H2/b3-1-,6-2-,48-30-. The first-order chi connectivity index (χ1) is 27.8. The second kappa shape index (κ2) is 14.4. The van der Waals surface area contributed by atoms with Gasteiger partial charge in [0, 0.05) is 16.8 Å². The molecule has 1 heteroatoms. The predicted octanol–water partition coefficient (Wildman–Crippen LogP) is 14.2. The van der Waals surface area contributed by atoms with E-state index in [0.29, 0.717) is 0 Å². The molecule has 8 aromatic rings. The molecule has 0 saturated heterocycles. The zero-order valence-corrected chi connectivity index (χ0v) is 31.2. The smallest absolute Gasteiger partial charge is 0.0714 e. The maximum Gasteiger partial charge on any atom is 0.0714 e. The van der Waals surface area contributed by atoms with Gasteiger partial charge in [0.05, 0.1) is 11.1 Å². The Labute approximate surface area is 329 Å². The van der Waals surface area contributed by atoms with E-state index in [1.54, 1.807) is 0 Å². The van der Waals surface area contributed by atoms with Crippen LogP contribution in [-0.4, -0.2) is 0 Å². The fourth-order valence-electron chi connectivity index (χ4n) is 9.18. The number of rotatable bonds is 6. The molecular weight excluding hydrogens is 675 g/mol. The maximum absolute atomic E-state index is 2.48. The van der Waals surface area contributed by atoms with Crippen LogP contribution in [0.3, 0.4) is 0 Å². The van der Waals surface area contributed by atoms with Crippen LogP contribution < -0.4 is 4.90 Å². The normalized spacial score (nSPS) is 16.1. The van der Waals surface area contributed by atoms with Crippen molar-refractivity contribution in [1.29, 1.82) is 0 Å². The van der Waals surface area contributed by atoms with Crippen molar-refractivity contribution in [1.82, 2.24) is 0 Å². The number of anilines is 3. The lowest BCUT2D eigenvalue weighted by atomic mass is 9.67. The Morgan fingerprint density at radius 2 is 1.09 bits per heavy atom. The quantitative estimate of drug-likeness (QED) is 0.166. The van der Waals surface area contributed by atoms with Crippen LogP contribution in [0, 0.1) is 0 Å². The van der Waals surface area contributed by atoms with Crippen molar-refractivity contribution < 1.29 is 0 Å². The van der Waals surface area contributed by atoms with Crippen molar-refractivity contribution in [2.75, 3.05) is 4.90 Å². The van der Waals surface area contributed by atoms with Gasteiger partial charge in [-0.2, -0.15) is 0 Å². The minimum absolute atomic E-state index is 0.497. The SMILES string of the molecule is C1=C\C/C=C(/c2cccc(N(c3ccc4c(c3)C(c3ccccc3)(c3ccccc3)c3ccccc3-4)c3cccc4ccccc34)c2)c2ccccc2C\C=C/1. The number of nitrogens with zero attached hydrogens (tertiary/aromatic N) is 1. The summed E-state index contributed by atoms with van der Waals surface area (Å²) in [6.07, 6.45) is 13.0. The van der Waals surface area contributed by atoms with Crippen molar-refractivity contribution in [3.8, 4) is 11.1 Å². The molecule has 10 rings (SSSR count). The molecular formula is C55H41N. The van der Waals surface area contributed by atoms with Crippen LogP contribution in [0.25, 0.3) is 27.5 Å². The molecule has 0 aromatic heterocycles. The highest BCUT2D eigenvalue weighted by Crippen LogP contribution is 2.57. The van der Waals surface area contributed by atoms with Crippen LogP contribution in [0.1, 0.15) is 45.4 Å². The lowest BCUT2D eigenvalue weighted by Gasteiger charge is -2.35. The first kappa shape index (κ1) is 33.6. The highest BCUT2D eigenvalue weighted by Gasteiger charge is 2.46. The fraction of sp³-hybridized carbons (Fsp3) is 0.0545. The molecule has 0 bridgehead atoms. The highest BCUT2D eigenvalue weighted by atomic mass is 15.1. The summed E-state index contributed by atoms with van der Waals surface area (Å²) in [4.78, 5) is 2.48. The number of hydrogen-bond acceptors (Lipinski definition) is 1. The molecule has 2 aliphatic rings. The van der Waals surface area contributed by atoms with Crippen LogP contribution in [0.2, 0.25) is 0 Å². The Balaban J connectivity index is 1.23. The number of benzene rings is 8. The summed E-state index contributed by atoms with van der Waals surface area (Å²) < 4.78 is 0. The van der Waals surface area contributed by atoms with Crippen molar-refractivity contribution in [3.63, 3.8) is 0 Å². The number of hydrogen-bond donors (Lipinski definition) is 0. The molecule has 0 saturated carbocycles. The van der Waals surface area contributed by atoms with Gasteiger partial charge < -0.3 is 4.90 Å². The first-order valence-corrected chi connectivity index (χ1v) is 19.6. The van der Waals surface area contributed by atoms with Crippen molar-refractivity contribution in [3.05, 3.63) is 263 Å². The van der Waals surface area contributed by atoms with Gasteiger partial charge in [0.15, 0.2) is 0 Å². The summed E-state index contributed by atoms with van der Waals surface area (Å²) in [5, 5.41) is 2.42. The van der Waals surface area contributed by atoms with Gasteiger partial charge in [-0.15, -0.1) is 0 Å². The second-order valence-corrected chi connectivity index (χ2v) is 14.7.